The number of hydrogen-bond donors (Lipinski definition) is 1. The fraction of sp³-hybridized carbons (Fsp3) is 0.267. The summed E-state index contributed by atoms with van der Waals surface area (Å²) in [4.78, 5) is 12.9. The van der Waals surface area contributed by atoms with Crippen LogP contribution in [0.1, 0.15) is 12.8 Å². The summed E-state index contributed by atoms with van der Waals surface area (Å²) in [5.74, 6) is 0.559. The number of halogens is 1. The van der Waals surface area contributed by atoms with E-state index in [-0.39, 0.29) is 12.1 Å². The molecule has 2 aromatic heterocycles. The minimum absolute atomic E-state index is 0.0866. The van der Waals surface area contributed by atoms with Gasteiger partial charge in [0.1, 0.15) is 17.5 Å². The van der Waals surface area contributed by atoms with Crippen LogP contribution < -0.4 is 10.5 Å². The molecule has 2 N–H and O–H groups in total. The van der Waals surface area contributed by atoms with E-state index in [0.717, 1.165) is 23.9 Å². The SMILES string of the molecule is NC1CC(Oc2ncc(Cl)c(-n3cnc4ccccc43)n2)C1. The number of ether oxygens (including phenoxy) is 1. The zero-order chi connectivity index (χ0) is 15.1. The fourth-order valence-electron chi connectivity index (χ4n) is 2.55. The molecule has 0 amide bonds. The lowest BCUT2D eigenvalue weighted by Gasteiger charge is -2.31. The molecule has 6 nitrogen and oxygen atoms in total. The van der Waals surface area contributed by atoms with Gasteiger partial charge in [-0.25, -0.2) is 9.97 Å². The van der Waals surface area contributed by atoms with Gasteiger partial charge in [0.25, 0.3) is 0 Å². The summed E-state index contributed by atoms with van der Waals surface area (Å²) in [6.45, 7) is 0. The van der Waals surface area contributed by atoms with Crippen molar-refractivity contribution in [3.63, 3.8) is 0 Å². The zero-order valence-electron chi connectivity index (χ0n) is 11.7. The summed E-state index contributed by atoms with van der Waals surface area (Å²) in [7, 11) is 0. The van der Waals surface area contributed by atoms with Crippen molar-refractivity contribution in [1.29, 1.82) is 0 Å². The normalized spacial score (nSPS) is 20.8. The Morgan fingerprint density at radius 1 is 1.23 bits per heavy atom. The van der Waals surface area contributed by atoms with Gasteiger partial charge >= 0.3 is 6.01 Å². The molecule has 7 heteroatoms. The molecule has 1 saturated carbocycles. The Kier molecular flexibility index (Phi) is 3.20. The second kappa shape index (κ2) is 5.23. The quantitative estimate of drug-likeness (QED) is 0.802. The maximum Gasteiger partial charge on any atom is 0.318 e. The molecule has 0 unspecified atom stereocenters. The van der Waals surface area contributed by atoms with Crippen LogP contribution >= 0.6 is 11.6 Å². The van der Waals surface area contributed by atoms with E-state index in [1.54, 1.807) is 12.5 Å². The third kappa shape index (κ3) is 2.30. The molecule has 1 aromatic carbocycles. The molecule has 4 rings (SSSR count). The molecular formula is C15H14ClN5O. The molecule has 3 aromatic rings. The lowest BCUT2D eigenvalue weighted by atomic mass is 9.90. The number of rotatable bonds is 3. The summed E-state index contributed by atoms with van der Waals surface area (Å²) < 4.78 is 7.56. The van der Waals surface area contributed by atoms with Gasteiger partial charge in [-0.2, -0.15) is 4.98 Å². The predicted molar refractivity (Wildman–Crippen MR) is 83.3 cm³/mol. The van der Waals surface area contributed by atoms with E-state index in [4.69, 9.17) is 22.1 Å². The van der Waals surface area contributed by atoms with E-state index >= 15 is 0 Å². The van der Waals surface area contributed by atoms with Gasteiger partial charge in [-0.1, -0.05) is 23.7 Å². The number of aromatic nitrogens is 4. The Bertz CT molecular complexity index is 828. The maximum atomic E-state index is 6.25. The molecule has 0 radical (unpaired) electrons. The lowest BCUT2D eigenvalue weighted by molar-refractivity contribution is 0.0904. The highest BCUT2D eigenvalue weighted by atomic mass is 35.5. The molecule has 1 aliphatic carbocycles. The second-order valence-electron chi connectivity index (χ2n) is 5.40. The first kappa shape index (κ1) is 13.5. The van der Waals surface area contributed by atoms with Gasteiger partial charge in [0.15, 0.2) is 5.82 Å². The van der Waals surface area contributed by atoms with Crippen molar-refractivity contribution in [3.8, 4) is 11.8 Å². The average Bonchev–Trinajstić information content (AvgIpc) is 2.91. The molecule has 22 heavy (non-hydrogen) atoms. The van der Waals surface area contributed by atoms with Crippen molar-refractivity contribution in [1.82, 2.24) is 19.5 Å². The van der Waals surface area contributed by atoms with Crippen molar-refractivity contribution < 1.29 is 4.74 Å². The van der Waals surface area contributed by atoms with Crippen LogP contribution in [0.4, 0.5) is 0 Å². The summed E-state index contributed by atoms with van der Waals surface area (Å²) in [5, 5.41) is 0.445. The number of para-hydroxylation sites is 2. The van der Waals surface area contributed by atoms with Crippen LogP contribution in [0.3, 0.4) is 0 Å². The average molecular weight is 316 g/mol. The Hall–Kier alpha value is -2.18. The van der Waals surface area contributed by atoms with E-state index in [1.165, 1.54) is 0 Å². The Balaban J connectivity index is 1.71. The summed E-state index contributed by atoms with van der Waals surface area (Å²) in [6, 6.07) is 8.32. The third-order valence-electron chi connectivity index (χ3n) is 3.79. The van der Waals surface area contributed by atoms with Gasteiger partial charge in [-0.05, 0) is 25.0 Å². The Morgan fingerprint density at radius 3 is 2.86 bits per heavy atom. The first-order chi connectivity index (χ1) is 10.7. The van der Waals surface area contributed by atoms with Crippen LogP contribution in [0.15, 0.2) is 36.8 Å². The Labute approximate surface area is 131 Å². The summed E-state index contributed by atoms with van der Waals surface area (Å²) in [5.41, 5.74) is 7.57. The highest BCUT2D eigenvalue weighted by molar-refractivity contribution is 6.32. The maximum absolute atomic E-state index is 6.25. The summed E-state index contributed by atoms with van der Waals surface area (Å²) in [6.07, 6.45) is 4.99. The molecule has 1 aliphatic rings. The molecule has 0 spiro atoms. The van der Waals surface area contributed by atoms with E-state index in [2.05, 4.69) is 15.0 Å². The number of nitrogens with two attached hydrogens (primary N) is 1. The first-order valence-corrected chi connectivity index (χ1v) is 7.46. The molecule has 0 saturated heterocycles. The van der Waals surface area contributed by atoms with Gasteiger partial charge in [0.05, 0.1) is 17.2 Å². The Morgan fingerprint density at radius 2 is 2.05 bits per heavy atom. The van der Waals surface area contributed by atoms with Crippen LogP contribution in [0.5, 0.6) is 6.01 Å². The number of benzene rings is 1. The van der Waals surface area contributed by atoms with Gasteiger partial charge in [-0.3, -0.25) is 4.57 Å². The molecule has 1 fully saturated rings. The van der Waals surface area contributed by atoms with Crippen molar-refractivity contribution in [2.75, 3.05) is 0 Å². The number of nitrogens with zero attached hydrogens (tertiary/aromatic N) is 4. The van der Waals surface area contributed by atoms with Crippen LogP contribution in [0.2, 0.25) is 5.02 Å². The van der Waals surface area contributed by atoms with Crippen LogP contribution in [-0.4, -0.2) is 31.7 Å². The van der Waals surface area contributed by atoms with Crippen molar-refractivity contribution in [2.45, 2.75) is 25.0 Å². The van der Waals surface area contributed by atoms with Crippen molar-refractivity contribution >= 4 is 22.6 Å². The smallest absolute Gasteiger partial charge is 0.318 e. The molecule has 0 bridgehead atoms. The standard InChI is InChI=1S/C15H14ClN5O/c16-11-7-18-15(22-10-5-9(17)6-10)20-14(11)21-8-19-12-3-1-2-4-13(12)21/h1-4,7-10H,5-6,17H2. The number of hydrogen-bond acceptors (Lipinski definition) is 5. The van der Waals surface area contributed by atoms with Gasteiger partial charge in [0, 0.05) is 6.04 Å². The molecule has 0 atom stereocenters. The molecular weight excluding hydrogens is 302 g/mol. The summed E-state index contributed by atoms with van der Waals surface area (Å²) >= 11 is 6.25. The van der Waals surface area contributed by atoms with Crippen molar-refractivity contribution in [2.24, 2.45) is 5.73 Å². The fourth-order valence-corrected chi connectivity index (χ4v) is 2.73. The number of fused-ring (bicyclic) bond motifs is 1. The largest absolute Gasteiger partial charge is 0.460 e. The third-order valence-corrected chi connectivity index (χ3v) is 4.06. The minimum atomic E-state index is 0.0866. The van der Waals surface area contributed by atoms with E-state index < -0.39 is 0 Å². The van der Waals surface area contributed by atoms with Gasteiger partial charge in [0.2, 0.25) is 0 Å². The second-order valence-corrected chi connectivity index (χ2v) is 5.81. The van der Waals surface area contributed by atoms with E-state index in [9.17, 15) is 0 Å². The van der Waals surface area contributed by atoms with Crippen LogP contribution in [0.25, 0.3) is 16.9 Å². The van der Waals surface area contributed by atoms with Gasteiger partial charge < -0.3 is 10.5 Å². The minimum Gasteiger partial charge on any atom is -0.460 e. The lowest BCUT2D eigenvalue weighted by Crippen LogP contribution is -2.43. The highest BCUT2D eigenvalue weighted by Gasteiger charge is 2.28. The predicted octanol–water partition coefficient (Wildman–Crippen LogP) is 2.34. The van der Waals surface area contributed by atoms with Crippen LogP contribution in [-0.2, 0) is 0 Å². The van der Waals surface area contributed by atoms with E-state index in [1.807, 2.05) is 28.8 Å². The number of imidazole rings is 1. The zero-order valence-corrected chi connectivity index (χ0v) is 12.4. The topological polar surface area (TPSA) is 78.9 Å². The van der Waals surface area contributed by atoms with E-state index in [0.29, 0.717) is 16.9 Å². The van der Waals surface area contributed by atoms with Gasteiger partial charge in [-0.15, -0.1) is 0 Å². The van der Waals surface area contributed by atoms with Crippen LogP contribution in [0, 0.1) is 0 Å². The highest BCUT2D eigenvalue weighted by Crippen LogP contribution is 2.26. The molecule has 112 valence electrons. The first-order valence-electron chi connectivity index (χ1n) is 7.08. The molecule has 2 heterocycles. The monoisotopic (exact) mass is 315 g/mol. The van der Waals surface area contributed by atoms with Crippen molar-refractivity contribution in [3.05, 3.63) is 41.8 Å². The molecule has 0 aliphatic heterocycles.